The van der Waals surface area contributed by atoms with Gasteiger partial charge in [0.25, 0.3) is 0 Å². The van der Waals surface area contributed by atoms with Crippen LogP contribution < -0.4 is 5.32 Å². The summed E-state index contributed by atoms with van der Waals surface area (Å²) < 4.78 is 0. The van der Waals surface area contributed by atoms with Gasteiger partial charge in [-0.1, -0.05) is 12.2 Å². The van der Waals surface area contributed by atoms with E-state index in [1.165, 1.54) is 0 Å². The number of thioether (sulfide) groups is 1. The minimum Gasteiger partial charge on any atom is -0.481 e. The summed E-state index contributed by atoms with van der Waals surface area (Å²) in [5, 5.41) is 22.4. The van der Waals surface area contributed by atoms with Crippen LogP contribution >= 0.6 is 11.8 Å². The quantitative estimate of drug-likeness (QED) is 0.507. The molecule has 108 valence electrons. The fraction of sp³-hybridized carbons (Fsp3) is 0.267. The van der Waals surface area contributed by atoms with E-state index in [0.717, 1.165) is 16.7 Å². The Balaban J connectivity index is 2.05. The van der Waals surface area contributed by atoms with E-state index in [4.69, 9.17) is 5.26 Å². The maximum Gasteiger partial charge on any atom is 0.307 e. The highest BCUT2D eigenvalue weighted by molar-refractivity contribution is 8.03. The molecule has 0 radical (unpaired) electrons. The fourth-order valence-corrected chi connectivity index (χ4v) is 2.65. The van der Waals surface area contributed by atoms with E-state index in [1.54, 1.807) is 30.3 Å². The predicted molar refractivity (Wildman–Crippen MR) is 79.5 cm³/mol. The van der Waals surface area contributed by atoms with Gasteiger partial charge in [-0.15, -0.1) is 0 Å². The molecule has 2 rings (SSSR count). The maximum absolute atomic E-state index is 12.2. The zero-order valence-corrected chi connectivity index (χ0v) is 12.0. The Labute approximate surface area is 126 Å². The van der Waals surface area contributed by atoms with Crippen molar-refractivity contribution in [1.29, 1.82) is 5.26 Å². The highest BCUT2D eigenvalue weighted by atomic mass is 32.2. The number of amides is 1. The molecule has 5 nitrogen and oxygen atoms in total. The lowest BCUT2D eigenvalue weighted by molar-refractivity contribution is -0.146. The van der Waals surface area contributed by atoms with Crippen molar-refractivity contribution < 1.29 is 14.7 Å². The highest BCUT2D eigenvalue weighted by Crippen LogP contribution is 2.27. The van der Waals surface area contributed by atoms with E-state index in [9.17, 15) is 14.7 Å². The van der Waals surface area contributed by atoms with Gasteiger partial charge in [-0.3, -0.25) is 9.59 Å². The van der Waals surface area contributed by atoms with E-state index < -0.39 is 17.8 Å². The van der Waals surface area contributed by atoms with Crippen LogP contribution in [0.1, 0.15) is 12.8 Å². The van der Waals surface area contributed by atoms with Crippen LogP contribution in [0, 0.1) is 22.5 Å². The Morgan fingerprint density at radius 1 is 1.19 bits per heavy atom. The van der Waals surface area contributed by atoms with E-state index in [1.807, 2.05) is 11.5 Å². The molecule has 0 fully saturated rings. The van der Waals surface area contributed by atoms with Crippen LogP contribution in [0.5, 0.6) is 0 Å². The number of nitrogens with one attached hydrogen (secondary N) is 1. The molecule has 2 N–H and O–H groups in total. The number of carboxylic acid groups (broad SMARTS) is 1. The number of nitriles is 1. The molecular weight excluding hydrogens is 288 g/mol. The number of hydrogen-bond donors (Lipinski definition) is 2. The third-order valence-electron chi connectivity index (χ3n) is 3.37. The second-order valence-corrected chi connectivity index (χ2v) is 5.56. The van der Waals surface area contributed by atoms with E-state index >= 15 is 0 Å². The highest BCUT2D eigenvalue weighted by Gasteiger charge is 2.33. The van der Waals surface area contributed by atoms with Crippen LogP contribution in [0.4, 0.5) is 5.69 Å². The van der Waals surface area contributed by atoms with Crippen LogP contribution in [0.15, 0.2) is 41.3 Å². The Morgan fingerprint density at radius 3 is 2.38 bits per heavy atom. The van der Waals surface area contributed by atoms with E-state index in [0.29, 0.717) is 18.5 Å². The molecule has 0 aromatic heterocycles. The van der Waals surface area contributed by atoms with Crippen molar-refractivity contribution in [3.8, 4) is 5.40 Å². The first kappa shape index (κ1) is 15.1. The Bertz CT molecular complexity index is 604. The van der Waals surface area contributed by atoms with Crippen LogP contribution in [0.2, 0.25) is 0 Å². The smallest absolute Gasteiger partial charge is 0.307 e. The molecule has 21 heavy (non-hydrogen) atoms. The second-order valence-electron chi connectivity index (χ2n) is 4.70. The third kappa shape index (κ3) is 3.86. The number of anilines is 1. The van der Waals surface area contributed by atoms with Crippen LogP contribution in [-0.2, 0) is 9.59 Å². The number of allylic oxidation sites excluding steroid dienone is 2. The summed E-state index contributed by atoms with van der Waals surface area (Å²) in [6, 6.07) is 6.87. The van der Waals surface area contributed by atoms with Crippen LogP contribution in [-0.4, -0.2) is 17.0 Å². The summed E-state index contributed by atoms with van der Waals surface area (Å²) in [6.07, 6.45) is 4.46. The number of carboxylic acids is 1. The lowest BCUT2D eigenvalue weighted by Gasteiger charge is -2.24. The number of aliphatic carboxylic acids is 1. The molecule has 1 aliphatic rings. The van der Waals surface area contributed by atoms with Gasteiger partial charge >= 0.3 is 5.97 Å². The molecule has 0 spiro atoms. The monoisotopic (exact) mass is 302 g/mol. The molecule has 0 bridgehead atoms. The predicted octanol–water partition coefficient (Wildman–Crippen LogP) is 2.87. The van der Waals surface area contributed by atoms with Gasteiger partial charge in [-0.05, 0) is 48.9 Å². The van der Waals surface area contributed by atoms with Gasteiger partial charge in [0.2, 0.25) is 5.91 Å². The zero-order chi connectivity index (χ0) is 15.2. The molecule has 1 aromatic carbocycles. The van der Waals surface area contributed by atoms with Gasteiger partial charge in [-0.25, -0.2) is 0 Å². The topological polar surface area (TPSA) is 90.2 Å². The van der Waals surface area contributed by atoms with Gasteiger partial charge in [0.15, 0.2) is 0 Å². The minimum atomic E-state index is -0.944. The first-order valence-corrected chi connectivity index (χ1v) is 7.28. The van der Waals surface area contributed by atoms with Crippen LogP contribution in [0.25, 0.3) is 0 Å². The molecule has 0 unspecified atom stereocenters. The molecule has 0 heterocycles. The molecule has 2 atom stereocenters. The SMILES string of the molecule is N#CSc1ccc(NC(=O)[C@@H]2CC=CC[C@@H]2C(=O)O)cc1. The van der Waals surface area contributed by atoms with Crippen molar-refractivity contribution in [3.05, 3.63) is 36.4 Å². The van der Waals surface area contributed by atoms with Crippen molar-refractivity contribution in [1.82, 2.24) is 0 Å². The summed E-state index contributed by atoms with van der Waals surface area (Å²) in [7, 11) is 0. The fourth-order valence-electron chi connectivity index (χ4n) is 2.27. The number of benzene rings is 1. The van der Waals surface area contributed by atoms with Crippen molar-refractivity contribution >= 4 is 29.3 Å². The maximum atomic E-state index is 12.2. The van der Waals surface area contributed by atoms with Crippen molar-refractivity contribution in [2.24, 2.45) is 11.8 Å². The number of carbonyl (C=O) groups excluding carboxylic acids is 1. The third-order valence-corrected chi connectivity index (χ3v) is 3.97. The number of nitrogens with zero attached hydrogens (tertiary/aromatic N) is 1. The van der Waals surface area contributed by atoms with Crippen LogP contribution in [0.3, 0.4) is 0 Å². The molecule has 0 saturated carbocycles. The average Bonchev–Trinajstić information content (AvgIpc) is 2.49. The summed E-state index contributed by atoms with van der Waals surface area (Å²) >= 11 is 1.04. The van der Waals surface area contributed by atoms with Crippen molar-refractivity contribution in [2.75, 3.05) is 5.32 Å². The lowest BCUT2D eigenvalue weighted by Crippen LogP contribution is -2.34. The van der Waals surface area contributed by atoms with E-state index in [2.05, 4.69) is 5.32 Å². The molecular formula is C15H14N2O3S. The molecule has 0 saturated heterocycles. The summed E-state index contributed by atoms with van der Waals surface area (Å²) in [5.74, 6) is -2.46. The number of hydrogen-bond acceptors (Lipinski definition) is 4. The van der Waals surface area contributed by atoms with Gasteiger partial charge in [0.1, 0.15) is 5.40 Å². The van der Waals surface area contributed by atoms with Gasteiger partial charge in [0.05, 0.1) is 11.8 Å². The molecule has 1 aliphatic carbocycles. The summed E-state index contributed by atoms with van der Waals surface area (Å²) in [6.45, 7) is 0. The number of carbonyl (C=O) groups is 2. The minimum absolute atomic E-state index is 0.285. The standard InChI is InChI=1S/C15H14N2O3S/c16-9-21-11-7-5-10(6-8-11)17-14(18)12-3-1-2-4-13(12)15(19)20/h1-2,5-8,12-13H,3-4H2,(H,17,18)(H,19,20)/t12-,13+/m1/s1. The Hall–Kier alpha value is -2.26. The first-order valence-electron chi connectivity index (χ1n) is 6.46. The molecule has 1 amide bonds. The van der Waals surface area contributed by atoms with E-state index in [-0.39, 0.29) is 5.91 Å². The summed E-state index contributed by atoms with van der Waals surface area (Å²) in [4.78, 5) is 24.2. The zero-order valence-electron chi connectivity index (χ0n) is 11.2. The normalized spacial score (nSPS) is 20.5. The number of thiocyanates is 1. The van der Waals surface area contributed by atoms with Crippen molar-refractivity contribution in [2.45, 2.75) is 17.7 Å². The Morgan fingerprint density at radius 2 is 1.81 bits per heavy atom. The first-order chi connectivity index (χ1) is 10.1. The molecule has 6 heteroatoms. The largest absolute Gasteiger partial charge is 0.481 e. The number of rotatable bonds is 4. The molecule has 0 aliphatic heterocycles. The van der Waals surface area contributed by atoms with Gasteiger partial charge < -0.3 is 10.4 Å². The average molecular weight is 302 g/mol. The van der Waals surface area contributed by atoms with Crippen molar-refractivity contribution in [3.63, 3.8) is 0 Å². The molecule has 1 aromatic rings. The lowest BCUT2D eigenvalue weighted by atomic mass is 9.82. The Kier molecular flexibility index (Phi) is 5.01. The van der Waals surface area contributed by atoms with Gasteiger partial charge in [-0.2, -0.15) is 5.26 Å². The second kappa shape index (κ2) is 6.95. The summed E-state index contributed by atoms with van der Waals surface area (Å²) in [5.41, 5.74) is 0.598. The van der Waals surface area contributed by atoms with Gasteiger partial charge in [0, 0.05) is 10.6 Å².